The van der Waals surface area contributed by atoms with Crippen LogP contribution in [-0.2, 0) is 29.0 Å². The standard InChI is InChI=1S/C22H23ClFN3O2/c23-19-11-17(24)6-5-16(19)13-27-8-7-25-22(29)20(27)12-21(28)26-18-9-14-3-1-2-4-15(14)10-18/h1-6,11,18,20H,7-10,12-13H2,(H,25,29)(H,26,28). The van der Waals surface area contributed by atoms with Crippen molar-refractivity contribution in [2.75, 3.05) is 13.1 Å². The van der Waals surface area contributed by atoms with Crippen LogP contribution >= 0.6 is 11.6 Å². The highest BCUT2D eigenvalue weighted by molar-refractivity contribution is 6.31. The average Bonchev–Trinajstić information content (AvgIpc) is 3.08. The van der Waals surface area contributed by atoms with E-state index in [2.05, 4.69) is 22.8 Å². The molecule has 1 saturated heterocycles. The zero-order valence-corrected chi connectivity index (χ0v) is 16.7. The van der Waals surface area contributed by atoms with Gasteiger partial charge in [0.2, 0.25) is 11.8 Å². The van der Waals surface area contributed by atoms with E-state index < -0.39 is 11.9 Å². The van der Waals surface area contributed by atoms with E-state index in [1.165, 1.54) is 23.3 Å². The second-order valence-electron chi connectivity index (χ2n) is 7.66. The summed E-state index contributed by atoms with van der Waals surface area (Å²) < 4.78 is 13.3. The number of carbonyl (C=O) groups is 2. The van der Waals surface area contributed by atoms with Gasteiger partial charge in [0, 0.05) is 30.7 Å². The van der Waals surface area contributed by atoms with Crippen LogP contribution < -0.4 is 10.6 Å². The summed E-state index contributed by atoms with van der Waals surface area (Å²) in [6.45, 7) is 1.50. The van der Waals surface area contributed by atoms with Crippen molar-refractivity contribution in [2.45, 2.75) is 37.9 Å². The maximum Gasteiger partial charge on any atom is 0.237 e. The second kappa shape index (κ2) is 8.51. The predicted octanol–water partition coefficient (Wildman–Crippen LogP) is 2.45. The molecule has 152 valence electrons. The SMILES string of the molecule is O=C(CC1C(=O)NCCN1Cc1ccc(F)cc1Cl)NC1Cc2ccccc2C1. The number of nitrogens with zero attached hydrogens (tertiary/aromatic N) is 1. The third-order valence-corrected chi connectivity index (χ3v) is 5.98. The van der Waals surface area contributed by atoms with Crippen LogP contribution in [0, 0.1) is 5.82 Å². The third kappa shape index (κ3) is 4.60. The fourth-order valence-corrected chi connectivity index (χ4v) is 4.39. The number of piperazine rings is 1. The molecule has 4 rings (SSSR count). The Morgan fingerprint density at radius 2 is 1.93 bits per heavy atom. The summed E-state index contributed by atoms with van der Waals surface area (Å²) in [5, 5.41) is 6.23. The lowest BCUT2D eigenvalue weighted by Crippen LogP contribution is -2.56. The first-order chi connectivity index (χ1) is 14.0. The molecule has 2 amide bonds. The van der Waals surface area contributed by atoms with Crippen molar-refractivity contribution >= 4 is 23.4 Å². The van der Waals surface area contributed by atoms with Crippen molar-refractivity contribution in [2.24, 2.45) is 0 Å². The molecule has 0 aromatic heterocycles. The van der Waals surface area contributed by atoms with Gasteiger partial charge in [0.05, 0.1) is 12.5 Å². The van der Waals surface area contributed by atoms with Gasteiger partial charge in [-0.2, -0.15) is 0 Å². The van der Waals surface area contributed by atoms with Crippen LogP contribution in [0.3, 0.4) is 0 Å². The first kappa shape index (κ1) is 19.9. The van der Waals surface area contributed by atoms with E-state index in [9.17, 15) is 14.0 Å². The first-order valence-corrected chi connectivity index (χ1v) is 10.2. The largest absolute Gasteiger partial charge is 0.353 e. The maximum atomic E-state index is 13.3. The Hall–Kier alpha value is -2.44. The number of fused-ring (bicyclic) bond motifs is 1. The minimum atomic E-state index is -0.575. The van der Waals surface area contributed by atoms with E-state index in [0.29, 0.717) is 24.7 Å². The van der Waals surface area contributed by atoms with Gasteiger partial charge < -0.3 is 10.6 Å². The number of halogens is 2. The number of amides is 2. The van der Waals surface area contributed by atoms with Gasteiger partial charge in [0.1, 0.15) is 5.82 Å². The van der Waals surface area contributed by atoms with Gasteiger partial charge in [0.25, 0.3) is 0 Å². The molecule has 1 heterocycles. The Bertz CT molecular complexity index is 911. The second-order valence-corrected chi connectivity index (χ2v) is 8.07. The minimum absolute atomic E-state index is 0.0616. The summed E-state index contributed by atoms with van der Waals surface area (Å²) in [7, 11) is 0. The van der Waals surface area contributed by atoms with Gasteiger partial charge in [-0.3, -0.25) is 14.5 Å². The van der Waals surface area contributed by atoms with Gasteiger partial charge in [-0.1, -0.05) is 41.9 Å². The Morgan fingerprint density at radius 3 is 2.62 bits per heavy atom. The van der Waals surface area contributed by atoms with Gasteiger partial charge in [-0.25, -0.2) is 4.39 Å². The van der Waals surface area contributed by atoms with Gasteiger partial charge in [0.15, 0.2) is 0 Å². The number of rotatable bonds is 5. The molecule has 1 fully saturated rings. The smallest absolute Gasteiger partial charge is 0.237 e. The molecule has 0 saturated carbocycles. The first-order valence-electron chi connectivity index (χ1n) is 9.81. The molecule has 2 aromatic carbocycles. The molecule has 7 heteroatoms. The molecule has 2 N–H and O–H groups in total. The Kier molecular flexibility index (Phi) is 5.83. The van der Waals surface area contributed by atoms with Crippen molar-refractivity contribution in [1.82, 2.24) is 15.5 Å². The molecule has 0 spiro atoms. The van der Waals surface area contributed by atoms with E-state index in [1.807, 2.05) is 17.0 Å². The molecular weight excluding hydrogens is 393 g/mol. The zero-order valence-electron chi connectivity index (χ0n) is 16.0. The van der Waals surface area contributed by atoms with Crippen molar-refractivity contribution in [3.05, 3.63) is 70.0 Å². The summed E-state index contributed by atoms with van der Waals surface area (Å²) in [6.07, 6.45) is 1.71. The molecule has 2 aromatic rings. The van der Waals surface area contributed by atoms with Crippen LogP contribution in [-0.4, -0.2) is 41.9 Å². The summed E-state index contributed by atoms with van der Waals surface area (Å²) in [5.41, 5.74) is 3.26. The zero-order chi connectivity index (χ0) is 20.4. The van der Waals surface area contributed by atoms with Crippen LogP contribution in [0.5, 0.6) is 0 Å². The van der Waals surface area contributed by atoms with Gasteiger partial charge in [-0.15, -0.1) is 0 Å². The van der Waals surface area contributed by atoms with Crippen LogP contribution in [0.1, 0.15) is 23.1 Å². The minimum Gasteiger partial charge on any atom is -0.353 e. The van der Waals surface area contributed by atoms with Crippen molar-refractivity contribution in [3.8, 4) is 0 Å². The molecule has 5 nitrogen and oxygen atoms in total. The Morgan fingerprint density at radius 1 is 1.21 bits per heavy atom. The fourth-order valence-electron chi connectivity index (χ4n) is 4.17. The normalized spacial score (nSPS) is 19.7. The fraction of sp³-hybridized carbons (Fsp3) is 0.364. The molecule has 2 aliphatic rings. The summed E-state index contributed by atoms with van der Waals surface area (Å²) in [4.78, 5) is 27.1. The van der Waals surface area contributed by atoms with Crippen molar-refractivity contribution < 1.29 is 14.0 Å². The van der Waals surface area contributed by atoms with Crippen LogP contribution in [0.15, 0.2) is 42.5 Å². The molecule has 1 aliphatic carbocycles. The molecule has 29 heavy (non-hydrogen) atoms. The quantitative estimate of drug-likeness (QED) is 0.788. The molecule has 1 aliphatic heterocycles. The molecule has 0 radical (unpaired) electrons. The Balaban J connectivity index is 1.39. The van der Waals surface area contributed by atoms with E-state index in [0.717, 1.165) is 18.4 Å². The number of nitrogens with one attached hydrogen (secondary N) is 2. The highest BCUT2D eigenvalue weighted by Crippen LogP contribution is 2.23. The number of carbonyl (C=O) groups excluding carboxylic acids is 2. The predicted molar refractivity (Wildman–Crippen MR) is 109 cm³/mol. The molecular formula is C22H23ClFN3O2. The summed E-state index contributed by atoms with van der Waals surface area (Å²) in [5.74, 6) is -0.706. The lowest BCUT2D eigenvalue weighted by molar-refractivity contribution is -0.134. The number of benzene rings is 2. The van der Waals surface area contributed by atoms with Crippen LogP contribution in [0.4, 0.5) is 4.39 Å². The van der Waals surface area contributed by atoms with E-state index >= 15 is 0 Å². The Labute approximate surface area is 174 Å². The average molecular weight is 416 g/mol. The van der Waals surface area contributed by atoms with E-state index in [4.69, 9.17) is 11.6 Å². The van der Waals surface area contributed by atoms with E-state index in [1.54, 1.807) is 6.07 Å². The lowest BCUT2D eigenvalue weighted by atomic mass is 10.1. The van der Waals surface area contributed by atoms with Crippen molar-refractivity contribution in [3.63, 3.8) is 0 Å². The molecule has 0 bridgehead atoms. The summed E-state index contributed by atoms with van der Waals surface area (Å²) in [6, 6.07) is 11.9. The van der Waals surface area contributed by atoms with Crippen LogP contribution in [0.2, 0.25) is 5.02 Å². The van der Waals surface area contributed by atoms with Gasteiger partial charge in [-0.05, 0) is 41.7 Å². The van der Waals surface area contributed by atoms with Gasteiger partial charge >= 0.3 is 0 Å². The molecule has 1 atom stereocenters. The van der Waals surface area contributed by atoms with Crippen LogP contribution in [0.25, 0.3) is 0 Å². The molecule has 1 unspecified atom stereocenters. The lowest BCUT2D eigenvalue weighted by Gasteiger charge is -2.35. The number of hydrogen-bond donors (Lipinski definition) is 2. The highest BCUT2D eigenvalue weighted by Gasteiger charge is 2.33. The van der Waals surface area contributed by atoms with E-state index in [-0.39, 0.29) is 24.3 Å². The van der Waals surface area contributed by atoms with Crippen molar-refractivity contribution in [1.29, 1.82) is 0 Å². The topological polar surface area (TPSA) is 61.4 Å². The highest BCUT2D eigenvalue weighted by atomic mass is 35.5. The monoisotopic (exact) mass is 415 g/mol. The summed E-state index contributed by atoms with van der Waals surface area (Å²) >= 11 is 6.15. The number of hydrogen-bond acceptors (Lipinski definition) is 3. The maximum absolute atomic E-state index is 13.3. The third-order valence-electron chi connectivity index (χ3n) is 5.63.